The molecule has 2 aliphatic rings. The van der Waals surface area contributed by atoms with Gasteiger partial charge in [-0.25, -0.2) is 9.67 Å². The zero-order valence-corrected chi connectivity index (χ0v) is 16.1. The lowest BCUT2D eigenvalue weighted by Crippen LogP contribution is -2.35. The maximum absolute atomic E-state index is 13.0. The first-order valence-electron chi connectivity index (χ1n) is 9.03. The molecule has 1 atom stereocenters. The van der Waals surface area contributed by atoms with E-state index < -0.39 is 5.38 Å². The number of alkyl halides is 1. The summed E-state index contributed by atoms with van der Waals surface area (Å²) in [4.78, 5) is 31.7. The van der Waals surface area contributed by atoms with Gasteiger partial charge < -0.3 is 10.3 Å². The summed E-state index contributed by atoms with van der Waals surface area (Å²) in [5.41, 5.74) is 0.842. The molecule has 0 amide bonds. The van der Waals surface area contributed by atoms with E-state index in [1.54, 1.807) is 17.7 Å². The first-order chi connectivity index (χ1) is 12.4. The van der Waals surface area contributed by atoms with Crippen molar-refractivity contribution in [2.75, 3.05) is 18.0 Å². The normalized spacial score (nSPS) is 22.5. The molecule has 1 aliphatic heterocycles. The number of anilines is 1. The summed E-state index contributed by atoms with van der Waals surface area (Å²) in [7, 11) is 0. The lowest BCUT2D eigenvalue weighted by molar-refractivity contribution is -0.114. The van der Waals surface area contributed by atoms with Crippen LogP contribution in [0, 0.1) is 5.41 Å². The van der Waals surface area contributed by atoms with E-state index in [9.17, 15) is 9.59 Å². The van der Waals surface area contributed by atoms with E-state index in [2.05, 4.69) is 9.89 Å². The number of rotatable bonds is 4. The molecule has 0 saturated carbocycles. The minimum atomic E-state index is -1.05. The van der Waals surface area contributed by atoms with E-state index >= 15 is 0 Å². The summed E-state index contributed by atoms with van der Waals surface area (Å²) in [6.45, 7) is 8.55. The number of carbonyl (C=O) groups is 1. The van der Waals surface area contributed by atoms with Gasteiger partial charge in [-0.3, -0.25) is 14.3 Å². The molecule has 8 heteroatoms. The monoisotopic (exact) mass is 377 g/mol. The fourth-order valence-corrected chi connectivity index (χ4v) is 3.85. The van der Waals surface area contributed by atoms with Gasteiger partial charge in [0.05, 0.1) is 11.4 Å². The number of hydrogen-bond acceptors (Lipinski definition) is 5. The molecule has 7 nitrogen and oxygen atoms in total. The molecule has 1 unspecified atom stereocenters. The number of nitrogens with zero attached hydrogens (tertiary/aromatic N) is 4. The van der Waals surface area contributed by atoms with Gasteiger partial charge in [0, 0.05) is 26.2 Å². The zero-order valence-electron chi connectivity index (χ0n) is 15.4. The summed E-state index contributed by atoms with van der Waals surface area (Å²) >= 11 is 6.08. The number of halogens is 1. The highest BCUT2D eigenvalue weighted by molar-refractivity contribution is 6.63. The van der Waals surface area contributed by atoms with Crippen molar-refractivity contribution in [1.82, 2.24) is 9.36 Å². The van der Waals surface area contributed by atoms with Crippen LogP contribution in [0.4, 0.5) is 11.5 Å². The van der Waals surface area contributed by atoms with Gasteiger partial charge >= 0.3 is 0 Å². The fourth-order valence-electron chi connectivity index (χ4n) is 3.57. The van der Waals surface area contributed by atoms with Crippen LogP contribution in [0.1, 0.15) is 33.6 Å². The van der Waals surface area contributed by atoms with Gasteiger partial charge in [-0.1, -0.05) is 0 Å². The summed E-state index contributed by atoms with van der Waals surface area (Å²) in [5, 5.41) is 7.12. The molecule has 140 valence electrons. The average Bonchev–Trinajstić information content (AvgIpc) is 3.24. The number of aromatic nitrogens is 2. The molecule has 0 radical (unpaired) electrons. The van der Waals surface area contributed by atoms with E-state index in [1.165, 1.54) is 0 Å². The van der Waals surface area contributed by atoms with Crippen LogP contribution in [0.3, 0.4) is 0 Å². The van der Waals surface area contributed by atoms with Crippen LogP contribution in [0.15, 0.2) is 21.4 Å². The van der Waals surface area contributed by atoms with Gasteiger partial charge in [-0.2, -0.15) is 0 Å². The summed E-state index contributed by atoms with van der Waals surface area (Å²) in [5.74, 6) is 0.513. The van der Waals surface area contributed by atoms with Gasteiger partial charge in [0.2, 0.25) is 0 Å². The molecular formula is C18H24ClN5O2. The highest BCUT2D eigenvalue weighted by atomic mass is 35.5. The molecule has 1 aliphatic carbocycles. The van der Waals surface area contributed by atoms with Gasteiger partial charge in [0.15, 0.2) is 17.3 Å². The summed E-state index contributed by atoms with van der Waals surface area (Å²) < 4.78 is 3.64. The quantitative estimate of drug-likeness (QED) is 0.818. The van der Waals surface area contributed by atoms with Crippen LogP contribution >= 0.6 is 11.6 Å². The van der Waals surface area contributed by atoms with Gasteiger partial charge in [-0.05, 0) is 45.3 Å². The first-order valence-corrected chi connectivity index (χ1v) is 9.46. The first kappa shape index (κ1) is 18.6. The Morgan fingerprint density at radius 3 is 2.38 bits per heavy atom. The van der Waals surface area contributed by atoms with Crippen molar-refractivity contribution in [2.45, 2.75) is 52.1 Å². The highest BCUT2D eigenvalue weighted by Crippen LogP contribution is 2.30. The SMILES string of the molecule is CCn1c(N2CCCC2)c(N=C2C=C(C)C(=O)C(Cl)C2=N)c(=O)n1CC. The Kier molecular flexibility index (Phi) is 5.18. The molecule has 0 spiro atoms. The smallest absolute Gasteiger partial charge is 0.294 e. The Balaban J connectivity index is 2.21. The molecule has 1 aromatic rings. The minimum Gasteiger partial charge on any atom is -0.355 e. The van der Waals surface area contributed by atoms with Gasteiger partial charge in [0.1, 0.15) is 5.38 Å². The largest absolute Gasteiger partial charge is 0.355 e. The number of Topliss-reactive ketones (excluding diaryl/α,β-unsaturated/α-hetero) is 1. The zero-order chi connectivity index (χ0) is 19.0. The second-order valence-electron chi connectivity index (χ2n) is 6.57. The third-order valence-electron chi connectivity index (χ3n) is 4.92. The van der Waals surface area contributed by atoms with Crippen molar-refractivity contribution in [1.29, 1.82) is 5.41 Å². The topological polar surface area (TPSA) is 83.5 Å². The van der Waals surface area contributed by atoms with E-state index in [1.807, 2.05) is 18.5 Å². The molecule has 0 bridgehead atoms. The summed E-state index contributed by atoms with van der Waals surface area (Å²) in [6, 6.07) is 0. The number of nitrogens with one attached hydrogen (secondary N) is 1. The van der Waals surface area contributed by atoms with Gasteiger partial charge in [-0.15, -0.1) is 11.6 Å². The molecule has 0 aromatic carbocycles. The molecular weight excluding hydrogens is 354 g/mol. The van der Waals surface area contributed by atoms with Crippen molar-refractivity contribution < 1.29 is 4.79 Å². The van der Waals surface area contributed by atoms with Gasteiger partial charge in [0.25, 0.3) is 5.56 Å². The number of aliphatic imine (C=N–C) groups is 1. The van der Waals surface area contributed by atoms with Crippen molar-refractivity contribution in [3.05, 3.63) is 22.0 Å². The maximum Gasteiger partial charge on any atom is 0.294 e. The predicted octanol–water partition coefficient (Wildman–Crippen LogP) is 2.52. The number of allylic oxidation sites excluding steroid dienone is 2. The van der Waals surface area contributed by atoms with Crippen LogP contribution in [0.2, 0.25) is 0 Å². The Labute approximate surface area is 157 Å². The molecule has 3 rings (SSSR count). The van der Waals surface area contributed by atoms with Crippen LogP contribution in [-0.4, -0.2) is 45.0 Å². The van der Waals surface area contributed by atoms with E-state index in [0.29, 0.717) is 24.4 Å². The van der Waals surface area contributed by atoms with Crippen molar-refractivity contribution in [3.8, 4) is 0 Å². The molecule has 1 aromatic heterocycles. The number of hydrogen-bond donors (Lipinski definition) is 1. The Bertz CT molecular complexity index is 871. The van der Waals surface area contributed by atoms with Crippen LogP contribution in [0.5, 0.6) is 0 Å². The fraction of sp³-hybridized carbons (Fsp3) is 0.556. The second kappa shape index (κ2) is 7.23. The highest BCUT2D eigenvalue weighted by Gasteiger charge is 2.31. The Morgan fingerprint density at radius 1 is 1.19 bits per heavy atom. The number of carbonyl (C=O) groups excluding carboxylic acids is 1. The molecule has 1 N–H and O–H groups in total. The standard InChI is InChI=1S/C18H24ClN5O2/c1-4-23-17(22-8-6-7-9-22)15(18(26)24(23)5-2)21-12-10-11(3)16(25)13(19)14(12)20/h10,13,20H,4-9H2,1-3H3. The third-order valence-corrected chi connectivity index (χ3v) is 5.34. The van der Waals surface area contributed by atoms with Crippen LogP contribution in [-0.2, 0) is 17.9 Å². The second-order valence-corrected chi connectivity index (χ2v) is 7.00. The average molecular weight is 378 g/mol. The van der Waals surface area contributed by atoms with E-state index in [-0.39, 0.29) is 22.8 Å². The van der Waals surface area contributed by atoms with E-state index in [0.717, 1.165) is 31.7 Å². The molecule has 1 saturated heterocycles. The predicted molar refractivity (Wildman–Crippen MR) is 105 cm³/mol. The van der Waals surface area contributed by atoms with Crippen molar-refractivity contribution in [2.24, 2.45) is 4.99 Å². The molecule has 2 heterocycles. The van der Waals surface area contributed by atoms with E-state index in [4.69, 9.17) is 17.0 Å². The molecule has 26 heavy (non-hydrogen) atoms. The Morgan fingerprint density at radius 2 is 1.81 bits per heavy atom. The Hall–Kier alpha value is -2.15. The van der Waals surface area contributed by atoms with Crippen molar-refractivity contribution >= 4 is 40.3 Å². The third kappa shape index (κ3) is 2.94. The van der Waals surface area contributed by atoms with Crippen LogP contribution < -0.4 is 10.5 Å². The molecule has 1 fully saturated rings. The number of ketones is 1. The van der Waals surface area contributed by atoms with Crippen LogP contribution in [0.25, 0.3) is 0 Å². The maximum atomic E-state index is 13.0. The van der Waals surface area contributed by atoms with Crippen molar-refractivity contribution in [3.63, 3.8) is 0 Å². The summed E-state index contributed by atoms with van der Waals surface area (Å²) in [6.07, 6.45) is 3.72. The minimum absolute atomic E-state index is 0.0543. The lowest BCUT2D eigenvalue weighted by atomic mass is 9.95. The lowest BCUT2D eigenvalue weighted by Gasteiger charge is -2.21.